The lowest BCUT2D eigenvalue weighted by atomic mass is 9.85. The molecule has 1 aliphatic rings. The van der Waals surface area contributed by atoms with Gasteiger partial charge in [0.1, 0.15) is 43.2 Å². The minimum atomic E-state index is -5.57. The highest BCUT2D eigenvalue weighted by molar-refractivity contribution is 7.47. The first kappa shape index (κ1) is 54.0. The van der Waals surface area contributed by atoms with Crippen molar-refractivity contribution in [2.75, 3.05) is 13.2 Å². The Kier molecular flexibility index (Phi) is 26.8. The normalized spacial score (nSPS) is 21.5. The number of carbonyl (C=O) groups is 2. The Labute approximate surface area is 344 Å². The van der Waals surface area contributed by atoms with Crippen LogP contribution in [0.3, 0.4) is 0 Å². The molecule has 4 unspecified atom stereocenters. The molecule has 1 rings (SSSR count). The monoisotopic (exact) mass is 894 g/mol. The number of phosphoric acid groups is 3. The Morgan fingerprint density at radius 3 is 1.42 bits per heavy atom. The van der Waals surface area contributed by atoms with E-state index in [9.17, 15) is 63.1 Å². The van der Waals surface area contributed by atoms with E-state index in [1.54, 1.807) is 6.92 Å². The third kappa shape index (κ3) is 26.0. The highest BCUT2D eigenvalue weighted by atomic mass is 31.2. The van der Waals surface area contributed by atoms with Gasteiger partial charge in [0.15, 0.2) is 6.10 Å². The second-order valence-electron chi connectivity index (χ2n) is 13.0. The summed E-state index contributed by atoms with van der Waals surface area (Å²) >= 11 is 0. The highest BCUT2D eigenvalue weighted by Gasteiger charge is 2.56. The van der Waals surface area contributed by atoms with Gasteiger partial charge in [-0.15, -0.1) is 0 Å². The van der Waals surface area contributed by atoms with Gasteiger partial charge in [-0.2, -0.15) is 0 Å². The van der Waals surface area contributed by atoms with Crippen molar-refractivity contribution in [3.05, 3.63) is 0 Å². The zero-order valence-corrected chi connectivity index (χ0v) is 35.4. The van der Waals surface area contributed by atoms with Crippen LogP contribution in [0.5, 0.6) is 0 Å². The predicted octanol–water partition coefficient (Wildman–Crippen LogP) is 2.51. The summed E-state index contributed by atoms with van der Waals surface area (Å²) in [6, 6.07) is 0. The fourth-order valence-corrected chi connectivity index (χ4v) is 7.51. The molecule has 0 aliphatic heterocycles. The maximum absolute atomic E-state index is 13.0. The highest BCUT2D eigenvalue weighted by Crippen LogP contribution is 2.51. The molecule has 0 aromatic rings. The van der Waals surface area contributed by atoms with Crippen LogP contribution in [0.25, 0.3) is 0 Å². The largest absolute Gasteiger partial charge is 0.472 e. The first-order valence-electron chi connectivity index (χ1n) is 18.8. The molecule has 19 nitrogen and oxygen atoms in total. The van der Waals surface area contributed by atoms with Crippen LogP contribution in [0.4, 0.5) is 0 Å². The minimum Gasteiger partial charge on any atom is -0.456 e. The zero-order chi connectivity index (χ0) is 44.3. The molecule has 1 aliphatic carbocycles. The maximum Gasteiger partial charge on any atom is 0.472 e. The van der Waals surface area contributed by atoms with Crippen LogP contribution in [-0.2, 0) is 50.9 Å². The van der Waals surface area contributed by atoms with Gasteiger partial charge in [0.2, 0.25) is 0 Å². The van der Waals surface area contributed by atoms with Gasteiger partial charge in [0.25, 0.3) is 0 Å². The lowest BCUT2D eigenvalue weighted by Gasteiger charge is -2.44. The van der Waals surface area contributed by atoms with Gasteiger partial charge < -0.3 is 49.3 Å². The van der Waals surface area contributed by atoms with Crippen molar-refractivity contribution in [3.63, 3.8) is 0 Å². The molecule has 0 bridgehead atoms. The molecular weight excluding hydrogens is 841 g/mol. The summed E-state index contributed by atoms with van der Waals surface area (Å²) in [5.74, 6) is 21.4. The number of hydrogen-bond acceptors (Lipinski definition) is 14. The lowest BCUT2D eigenvalue weighted by Crippen LogP contribution is -2.65. The molecule has 0 aromatic carbocycles. The number of esters is 2. The molecule has 59 heavy (non-hydrogen) atoms. The Morgan fingerprint density at radius 1 is 0.576 bits per heavy atom. The Morgan fingerprint density at radius 2 is 0.983 bits per heavy atom. The van der Waals surface area contributed by atoms with Crippen molar-refractivity contribution in [2.24, 2.45) is 0 Å². The fourth-order valence-electron chi connectivity index (χ4n) is 5.40. The lowest BCUT2D eigenvalue weighted by molar-refractivity contribution is -0.213. The van der Waals surface area contributed by atoms with E-state index in [0.29, 0.717) is 12.8 Å². The molecule has 0 aromatic heterocycles. The van der Waals surface area contributed by atoms with Crippen molar-refractivity contribution in [1.82, 2.24) is 0 Å². The van der Waals surface area contributed by atoms with E-state index in [1.165, 1.54) is 44.9 Å². The van der Waals surface area contributed by atoms with E-state index >= 15 is 0 Å². The molecule has 8 atom stereocenters. The topological polar surface area (TPSA) is 303 Å². The smallest absolute Gasteiger partial charge is 0.456 e. The van der Waals surface area contributed by atoms with Crippen molar-refractivity contribution in [3.8, 4) is 59.2 Å². The summed E-state index contributed by atoms with van der Waals surface area (Å²) < 4.78 is 64.4. The van der Waals surface area contributed by atoms with E-state index in [-0.39, 0.29) is 6.42 Å². The molecule has 330 valence electrons. The number of aliphatic hydroxyl groups excluding tert-OH is 3. The Bertz CT molecular complexity index is 1750. The Balaban J connectivity index is 2.96. The molecule has 0 saturated heterocycles. The average molecular weight is 895 g/mol. The summed E-state index contributed by atoms with van der Waals surface area (Å²) in [6.45, 7) is 1.96. The van der Waals surface area contributed by atoms with E-state index in [2.05, 4.69) is 69.3 Å². The van der Waals surface area contributed by atoms with Gasteiger partial charge in [-0.3, -0.25) is 22.9 Å². The number of rotatable bonds is 26. The van der Waals surface area contributed by atoms with E-state index in [1.807, 2.05) is 5.92 Å². The predicted molar refractivity (Wildman–Crippen MR) is 208 cm³/mol. The molecule has 0 amide bonds. The summed E-state index contributed by atoms with van der Waals surface area (Å²) in [5, 5.41) is 31.6. The van der Waals surface area contributed by atoms with E-state index < -0.39 is 91.3 Å². The van der Waals surface area contributed by atoms with Crippen molar-refractivity contribution < 1.29 is 90.6 Å². The zero-order valence-electron chi connectivity index (χ0n) is 32.8. The molecule has 22 heteroatoms. The van der Waals surface area contributed by atoms with Crippen LogP contribution in [0.1, 0.15) is 104 Å². The van der Waals surface area contributed by atoms with Crippen molar-refractivity contribution in [2.45, 2.75) is 146 Å². The second-order valence-corrected chi connectivity index (χ2v) is 16.8. The summed E-state index contributed by atoms with van der Waals surface area (Å²) in [5.41, 5.74) is 0. The quantitative estimate of drug-likeness (QED) is 0.0203. The van der Waals surface area contributed by atoms with Gasteiger partial charge in [0, 0.05) is 12.3 Å². The van der Waals surface area contributed by atoms with Crippen molar-refractivity contribution >= 4 is 35.4 Å². The van der Waals surface area contributed by atoms with Crippen molar-refractivity contribution in [1.29, 1.82) is 0 Å². The number of phosphoric ester groups is 3. The van der Waals surface area contributed by atoms with Crippen LogP contribution in [0.15, 0.2) is 0 Å². The molecule has 0 heterocycles. The first-order valence-corrected chi connectivity index (χ1v) is 23.3. The molecule has 8 N–H and O–H groups in total. The third-order valence-corrected chi connectivity index (χ3v) is 10.1. The minimum absolute atomic E-state index is 0.0774. The Hall–Kier alpha value is -3.05. The number of carbonyl (C=O) groups excluding carboxylic acids is 2. The maximum atomic E-state index is 13.0. The van der Waals surface area contributed by atoms with Crippen LogP contribution in [0.2, 0.25) is 0 Å². The molecular formula is C37H53O19P3. The number of hydrogen-bond donors (Lipinski definition) is 8. The summed E-state index contributed by atoms with van der Waals surface area (Å²) in [6.07, 6.45) is -2.96. The van der Waals surface area contributed by atoms with E-state index in [0.717, 1.165) is 25.7 Å². The molecule has 1 saturated carbocycles. The molecule has 0 spiro atoms. The molecule has 1 fully saturated rings. The number of aliphatic hydroxyl groups is 3. The first-order chi connectivity index (χ1) is 27.8. The van der Waals surface area contributed by atoms with Crippen LogP contribution >= 0.6 is 23.5 Å². The average Bonchev–Trinajstić information content (AvgIpc) is 3.15. The third-order valence-electron chi connectivity index (χ3n) is 8.13. The fraction of sp³-hybridized carbons (Fsp3) is 0.676. The van der Waals surface area contributed by atoms with Gasteiger partial charge in [-0.1, -0.05) is 89.9 Å². The van der Waals surface area contributed by atoms with Crippen LogP contribution in [0, 0.1) is 59.2 Å². The van der Waals surface area contributed by atoms with Crippen LogP contribution < -0.4 is 0 Å². The van der Waals surface area contributed by atoms with E-state index in [4.69, 9.17) is 18.5 Å². The number of ether oxygens (including phenoxy) is 2. The summed E-state index contributed by atoms with van der Waals surface area (Å²) in [4.78, 5) is 72.3. The number of unbranched alkanes of at least 4 members (excludes halogenated alkanes) is 12. The van der Waals surface area contributed by atoms with Gasteiger partial charge in [0.05, 0.1) is 6.61 Å². The van der Waals surface area contributed by atoms with Crippen LogP contribution in [-0.4, -0.2) is 108 Å². The van der Waals surface area contributed by atoms with Gasteiger partial charge >= 0.3 is 35.4 Å². The second kappa shape index (κ2) is 29.2. The van der Waals surface area contributed by atoms with Gasteiger partial charge in [-0.05, 0) is 60.7 Å². The van der Waals surface area contributed by atoms with Gasteiger partial charge in [-0.25, -0.2) is 18.5 Å². The molecule has 0 radical (unpaired) electrons. The SMILES string of the molecule is CC#CC#CC#CC#CC#CC(=O)OC[C@H](COP(=O)(O)OC1C(O)[C@@H](OP(=O)(O)O)C(O)[C@@H](OP(=O)(O)O)[C@H]1O)OC(=O)CCCCCCCCCCCCCCC. The summed E-state index contributed by atoms with van der Waals surface area (Å²) in [7, 11) is -16.7. The standard InChI is InChI=1S/C37H53O19P3/c1-3-5-7-9-11-13-14-15-16-18-20-22-24-26-31(39)53-29(27-51-30(38)25-23-21-19-17-12-10-8-6-4-2)28-52-59(49,50)56-37-33(41)35(54-57(43,44)45)32(40)36(34(37)42)55-58(46,47)48/h29,32-37,40-42H,3,5,7,9,11,13-16,18,20,22,24,26-28H2,1-2H3,(H,49,50)(H2,43,44,45)(H2,46,47,48)/t29-,32?,33-,34?,35-,36+,37?/m1/s1.